The van der Waals surface area contributed by atoms with Gasteiger partial charge in [-0.2, -0.15) is 0 Å². The summed E-state index contributed by atoms with van der Waals surface area (Å²) in [5.41, 5.74) is 7.94. The first kappa shape index (κ1) is 41.9. The number of pyridine rings is 1. The zero-order valence-corrected chi connectivity index (χ0v) is 35.1. The standard InChI is InChI=1S/C47H59N3O7/c1-31-18-19-38(40(51)26-31)36-16-13-17-37(27-36)39-28-50-43(48-39)34(4)33(3)41(42(45(52)53-9)57-46(5,6)7)44(50)49-22-20-47(8,21-23-49)56-25-24-54-29-32(2)55-30-35-14-11-10-12-15-35/h10-19,26-28,32,42,51H,20-25,29-30H2,1-9H3/t32-,42+/m1/s1. The second kappa shape index (κ2) is 17.8. The number of anilines is 1. The Hall–Kier alpha value is -4.74. The number of rotatable bonds is 15. The summed E-state index contributed by atoms with van der Waals surface area (Å²) in [5, 5.41) is 10.8. The van der Waals surface area contributed by atoms with Crippen molar-refractivity contribution in [2.45, 2.75) is 98.2 Å². The first-order chi connectivity index (χ1) is 27.2. The van der Waals surface area contributed by atoms with Crippen LogP contribution in [-0.2, 0) is 35.1 Å². The first-order valence-corrected chi connectivity index (χ1v) is 20.0. The number of phenols is 1. The largest absolute Gasteiger partial charge is 0.507 e. The number of aromatic nitrogens is 2. The molecule has 2 atom stereocenters. The summed E-state index contributed by atoms with van der Waals surface area (Å²) in [6, 6.07) is 23.9. The molecule has 0 spiro atoms. The lowest BCUT2D eigenvalue weighted by atomic mass is 9.92. The summed E-state index contributed by atoms with van der Waals surface area (Å²) in [6.45, 7) is 19.5. The van der Waals surface area contributed by atoms with E-state index < -0.39 is 17.7 Å². The number of nitrogens with zero attached hydrogens (tertiary/aromatic N) is 3. The van der Waals surface area contributed by atoms with Crippen LogP contribution in [0.4, 0.5) is 5.82 Å². The average molecular weight is 778 g/mol. The van der Waals surface area contributed by atoms with Crippen molar-refractivity contribution >= 4 is 17.4 Å². The van der Waals surface area contributed by atoms with E-state index in [2.05, 4.69) is 34.4 Å². The van der Waals surface area contributed by atoms with Crippen molar-refractivity contribution < 1.29 is 33.6 Å². The first-order valence-electron chi connectivity index (χ1n) is 20.0. The SMILES string of the molecule is COC(=O)[C@@H](OC(C)(C)C)c1c(C)c(C)c2nc(-c3cccc(-c4ccc(C)cc4O)c3)cn2c1N1CCC(C)(OCCOC[C@@H](C)OCc2ccccc2)CC1. The van der Waals surface area contributed by atoms with Crippen LogP contribution in [0.2, 0.25) is 0 Å². The molecular formula is C47H59N3O7. The molecule has 304 valence electrons. The molecule has 0 aliphatic carbocycles. The van der Waals surface area contributed by atoms with Crippen LogP contribution in [0.5, 0.6) is 5.75 Å². The van der Waals surface area contributed by atoms with Crippen molar-refractivity contribution in [3.05, 3.63) is 107 Å². The number of carbonyl (C=O) groups excluding carboxylic acids is 1. The Morgan fingerprint density at radius 3 is 2.33 bits per heavy atom. The topological polar surface area (TPSA) is 104 Å². The van der Waals surface area contributed by atoms with Crippen molar-refractivity contribution in [2.75, 3.05) is 44.9 Å². The van der Waals surface area contributed by atoms with Crippen LogP contribution in [0.15, 0.2) is 79.0 Å². The van der Waals surface area contributed by atoms with Gasteiger partial charge in [0.15, 0.2) is 6.10 Å². The number of aryl methyl sites for hydroxylation is 2. The van der Waals surface area contributed by atoms with E-state index in [0.717, 1.165) is 74.5 Å². The molecule has 6 rings (SSSR count). The highest BCUT2D eigenvalue weighted by Gasteiger charge is 2.38. The molecule has 1 N–H and O–H groups in total. The molecule has 5 aromatic rings. The Labute approximate surface area is 337 Å². The molecule has 1 fully saturated rings. The summed E-state index contributed by atoms with van der Waals surface area (Å²) in [6.07, 6.45) is 2.59. The quantitative estimate of drug-likeness (QED) is 0.0823. The molecule has 10 nitrogen and oxygen atoms in total. The van der Waals surface area contributed by atoms with Gasteiger partial charge in [-0.25, -0.2) is 9.78 Å². The number of methoxy groups -OCH3 is 1. The number of benzene rings is 3. The summed E-state index contributed by atoms with van der Waals surface area (Å²) >= 11 is 0. The van der Waals surface area contributed by atoms with Crippen LogP contribution in [0.3, 0.4) is 0 Å². The monoisotopic (exact) mass is 777 g/mol. The Morgan fingerprint density at radius 1 is 0.930 bits per heavy atom. The van der Waals surface area contributed by atoms with E-state index in [4.69, 9.17) is 28.7 Å². The smallest absolute Gasteiger partial charge is 0.339 e. The second-order valence-corrected chi connectivity index (χ2v) is 16.5. The molecule has 1 aliphatic heterocycles. The van der Waals surface area contributed by atoms with Gasteiger partial charge in [0.1, 0.15) is 17.2 Å². The zero-order valence-electron chi connectivity index (χ0n) is 35.1. The Bertz CT molecular complexity index is 2150. The van der Waals surface area contributed by atoms with E-state index in [1.165, 1.54) is 7.11 Å². The van der Waals surface area contributed by atoms with E-state index in [1.807, 2.05) is 103 Å². The predicted octanol–water partition coefficient (Wildman–Crippen LogP) is 9.33. The highest BCUT2D eigenvalue weighted by Crippen LogP contribution is 2.41. The van der Waals surface area contributed by atoms with Gasteiger partial charge in [0.2, 0.25) is 0 Å². The van der Waals surface area contributed by atoms with E-state index in [0.29, 0.717) is 39.5 Å². The molecule has 3 heterocycles. The van der Waals surface area contributed by atoms with Gasteiger partial charge in [-0.1, -0.05) is 60.7 Å². The molecule has 57 heavy (non-hydrogen) atoms. The van der Waals surface area contributed by atoms with Crippen molar-refractivity contribution in [3.63, 3.8) is 0 Å². The van der Waals surface area contributed by atoms with Crippen LogP contribution in [0.1, 0.15) is 81.4 Å². The van der Waals surface area contributed by atoms with E-state index in [1.54, 1.807) is 6.07 Å². The van der Waals surface area contributed by atoms with Crippen LogP contribution in [0, 0.1) is 20.8 Å². The maximum atomic E-state index is 13.6. The highest BCUT2D eigenvalue weighted by atomic mass is 16.6. The summed E-state index contributed by atoms with van der Waals surface area (Å²) in [7, 11) is 1.40. The molecule has 2 aromatic heterocycles. The number of fused-ring (bicyclic) bond motifs is 1. The molecule has 0 unspecified atom stereocenters. The van der Waals surface area contributed by atoms with Crippen LogP contribution in [0.25, 0.3) is 28.0 Å². The lowest BCUT2D eigenvalue weighted by Crippen LogP contribution is -2.46. The van der Waals surface area contributed by atoms with Crippen molar-refractivity contribution in [2.24, 2.45) is 0 Å². The number of carbonyl (C=O) groups is 1. The Balaban J connectivity index is 1.26. The van der Waals surface area contributed by atoms with Crippen molar-refractivity contribution in [1.29, 1.82) is 0 Å². The van der Waals surface area contributed by atoms with Gasteiger partial charge in [-0.3, -0.25) is 4.40 Å². The molecule has 0 saturated carbocycles. The summed E-state index contributed by atoms with van der Waals surface area (Å²) in [4.78, 5) is 21.2. The summed E-state index contributed by atoms with van der Waals surface area (Å²) < 4.78 is 32.4. The molecule has 10 heteroatoms. The number of piperidine rings is 1. The highest BCUT2D eigenvalue weighted by molar-refractivity contribution is 5.82. The Morgan fingerprint density at radius 2 is 1.65 bits per heavy atom. The average Bonchev–Trinajstić information content (AvgIpc) is 3.63. The van der Waals surface area contributed by atoms with Crippen molar-refractivity contribution in [1.82, 2.24) is 9.38 Å². The summed E-state index contributed by atoms with van der Waals surface area (Å²) in [5.74, 6) is 0.637. The van der Waals surface area contributed by atoms with Gasteiger partial charge in [0.25, 0.3) is 0 Å². The fraction of sp³-hybridized carbons (Fsp3) is 0.447. The third-order valence-corrected chi connectivity index (χ3v) is 10.8. The normalized spacial score (nSPS) is 15.5. The number of hydrogen-bond acceptors (Lipinski definition) is 9. The maximum Gasteiger partial charge on any atom is 0.339 e. The molecule has 3 aromatic carbocycles. The maximum absolute atomic E-state index is 13.6. The van der Waals surface area contributed by atoms with Crippen LogP contribution < -0.4 is 4.90 Å². The Kier molecular flexibility index (Phi) is 13.1. The van der Waals surface area contributed by atoms with Gasteiger partial charge >= 0.3 is 5.97 Å². The lowest BCUT2D eigenvalue weighted by molar-refractivity contribution is -0.164. The number of imidazole rings is 1. The number of phenolic OH excluding ortho intramolecular Hbond substituents is 1. The van der Waals surface area contributed by atoms with Gasteiger partial charge in [-0.15, -0.1) is 0 Å². The van der Waals surface area contributed by atoms with Gasteiger partial charge in [0, 0.05) is 36.0 Å². The van der Waals surface area contributed by atoms with Gasteiger partial charge in [0.05, 0.1) is 56.5 Å². The fourth-order valence-corrected chi connectivity index (χ4v) is 7.46. The molecule has 1 saturated heterocycles. The second-order valence-electron chi connectivity index (χ2n) is 16.5. The van der Waals surface area contributed by atoms with E-state index in [-0.39, 0.29) is 17.5 Å². The van der Waals surface area contributed by atoms with Crippen LogP contribution in [-0.4, -0.2) is 77.8 Å². The third kappa shape index (κ3) is 10.0. The molecule has 0 radical (unpaired) electrons. The van der Waals surface area contributed by atoms with E-state index >= 15 is 0 Å². The third-order valence-electron chi connectivity index (χ3n) is 10.8. The lowest BCUT2D eigenvalue weighted by Gasteiger charge is -2.42. The predicted molar refractivity (Wildman–Crippen MR) is 225 cm³/mol. The molecule has 0 bridgehead atoms. The molecule has 0 amide bonds. The minimum absolute atomic E-state index is 0.0293. The van der Waals surface area contributed by atoms with Gasteiger partial charge < -0.3 is 33.7 Å². The van der Waals surface area contributed by atoms with Gasteiger partial charge in [-0.05, 0) is 108 Å². The number of aromatic hydroxyl groups is 1. The molecule has 1 aliphatic rings. The molecular weight excluding hydrogens is 719 g/mol. The van der Waals surface area contributed by atoms with Crippen LogP contribution >= 0.6 is 0 Å². The number of hydrogen-bond donors (Lipinski definition) is 1. The minimum atomic E-state index is -0.965. The van der Waals surface area contributed by atoms with Crippen molar-refractivity contribution in [3.8, 4) is 28.1 Å². The minimum Gasteiger partial charge on any atom is -0.507 e. The fourth-order valence-electron chi connectivity index (χ4n) is 7.46. The number of esters is 1. The number of ether oxygens (including phenoxy) is 5. The zero-order chi connectivity index (χ0) is 40.9. The van der Waals surface area contributed by atoms with E-state index in [9.17, 15) is 9.90 Å².